The maximum Gasteiger partial charge on any atom is 0.133 e. The second kappa shape index (κ2) is 5.08. The van der Waals surface area contributed by atoms with E-state index in [1.54, 1.807) is 0 Å². The van der Waals surface area contributed by atoms with E-state index in [0.29, 0.717) is 0 Å². The summed E-state index contributed by atoms with van der Waals surface area (Å²) in [4.78, 5) is 9.19. The first-order chi connectivity index (χ1) is 9.16. The molecular formula is C15H23N3O. The third kappa shape index (κ3) is 2.73. The number of nitrogens with one attached hydrogen (secondary N) is 1. The molecule has 1 unspecified atom stereocenters. The van der Waals surface area contributed by atoms with Crippen LogP contribution >= 0.6 is 0 Å². The lowest BCUT2D eigenvalue weighted by atomic mass is 9.96. The summed E-state index contributed by atoms with van der Waals surface area (Å²) in [7, 11) is 0. The quantitative estimate of drug-likeness (QED) is 0.908. The molecule has 1 saturated heterocycles. The minimum absolute atomic E-state index is 0.0274. The topological polar surface area (TPSA) is 47.0 Å². The number of aryl methyl sites for hydroxylation is 2. The van der Waals surface area contributed by atoms with E-state index in [0.717, 1.165) is 44.1 Å². The van der Waals surface area contributed by atoms with Gasteiger partial charge >= 0.3 is 0 Å². The van der Waals surface area contributed by atoms with Gasteiger partial charge in [-0.05, 0) is 52.4 Å². The molecule has 1 atom stereocenters. The highest BCUT2D eigenvalue weighted by Gasteiger charge is 2.30. The van der Waals surface area contributed by atoms with Crippen molar-refractivity contribution in [1.29, 1.82) is 0 Å². The van der Waals surface area contributed by atoms with E-state index in [4.69, 9.17) is 4.74 Å². The summed E-state index contributed by atoms with van der Waals surface area (Å²) >= 11 is 0. The number of ether oxygens (including phenoxy) is 1. The van der Waals surface area contributed by atoms with Crippen LogP contribution < -0.4 is 5.32 Å². The van der Waals surface area contributed by atoms with E-state index in [1.807, 2.05) is 6.92 Å². The number of hydrogen-bond donors (Lipinski definition) is 1. The van der Waals surface area contributed by atoms with Crippen LogP contribution in [0, 0.1) is 6.92 Å². The summed E-state index contributed by atoms with van der Waals surface area (Å²) in [6.07, 6.45) is 7.01. The van der Waals surface area contributed by atoms with Crippen molar-refractivity contribution in [2.75, 3.05) is 18.5 Å². The highest BCUT2D eigenvalue weighted by Crippen LogP contribution is 2.28. The van der Waals surface area contributed by atoms with E-state index < -0.39 is 0 Å². The smallest absolute Gasteiger partial charge is 0.133 e. The van der Waals surface area contributed by atoms with Crippen LogP contribution in [0.4, 0.5) is 5.82 Å². The van der Waals surface area contributed by atoms with Crippen molar-refractivity contribution in [2.24, 2.45) is 0 Å². The molecule has 1 N–H and O–H groups in total. The Morgan fingerprint density at radius 2 is 2.05 bits per heavy atom. The SMILES string of the molecule is Cc1nc2c(c(NCC3(C)CCCO3)n1)CCCC2. The normalized spacial score (nSPS) is 26.2. The lowest BCUT2D eigenvalue weighted by Gasteiger charge is -2.26. The average Bonchev–Trinajstić information content (AvgIpc) is 2.83. The fourth-order valence-electron chi connectivity index (χ4n) is 3.11. The summed E-state index contributed by atoms with van der Waals surface area (Å²) in [5.74, 6) is 1.92. The molecule has 1 aromatic rings. The van der Waals surface area contributed by atoms with Gasteiger partial charge in [-0.3, -0.25) is 0 Å². The summed E-state index contributed by atoms with van der Waals surface area (Å²) in [5, 5.41) is 3.52. The number of rotatable bonds is 3. The largest absolute Gasteiger partial charge is 0.373 e. The van der Waals surface area contributed by atoms with Gasteiger partial charge in [0.15, 0.2) is 0 Å². The molecule has 1 aromatic heterocycles. The van der Waals surface area contributed by atoms with Gasteiger partial charge in [-0.25, -0.2) is 9.97 Å². The van der Waals surface area contributed by atoms with Gasteiger partial charge in [0.05, 0.1) is 5.60 Å². The molecular weight excluding hydrogens is 238 g/mol. The Labute approximate surface area is 115 Å². The van der Waals surface area contributed by atoms with Gasteiger partial charge < -0.3 is 10.1 Å². The minimum atomic E-state index is -0.0274. The lowest BCUT2D eigenvalue weighted by molar-refractivity contribution is 0.0314. The van der Waals surface area contributed by atoms with Crippen molar-refractivity contribution in [1.82, 2.24) is 9.97 Å². The van der Waals surface area contributed by atoms with Crippen molar-refractivity contribution in [2.45, 2.75) is 58.0 Å². The maximum atomic E-state index is 5.83. The monoisotopic (exact) mass is 261 g/mol. The van der Waals surface area contributed by atoms with E-state index in [-0.39, 0.29) is 5.60 Å². The molecule has 1 aliphatic carbocycles. The van der Waals surface area contributed by atoms with Crippen LogP contribution in [0.15, 0.2) is 0 Å². The van der Waals surface area contributed by atoms with Crippen LogP contribution in [0.1, 0.15) is 49.7 Å². The number of fused-ring (bicyclic) bond motifs is 1. The molecule has 1 fully saturated rings. The van der Waals surface area contributed by atoms with E-state index in [2.05, 4.69) is 22.2 Å². The molecule has 2 aliphatic rings. The number of nitrogens with zero attached hydrogens (tertiary/aromatic N) is 2. The molecule has 104 valence electrons. The average molecular weight is 261 g/mol. The summed E-state index contributed by atoms with van der Waals surface area (Å²) in [6.45, 7) is 5.90. The molecule has 19 heavy (non-hydrogen) atoms. The van der Waals surface area contributed by atoms with Crippen molar-refractivity contribution in [3.05, 3.63) is 17.1 Å². The highest BCUT2D eigenvalue weighted by atomic mass is 16.5. The Morgan fingerprint density at radius 3 is 2.84 bits per heavy atom. The fourth-order valence-corrected chi connectivity index (χ4v) is 3.11. The summed E-state index contributed by atoms with van der Waals surface area (Å²) < 4.78 is 5.83. The summed E-state index contributed by atoms with van der Waals surface area (Å²) in [5.41, 5.74) is 2.55. The van der Waals surface area contributed by atoms with Gasteiger partial charge in [-0.2, -0.15) is 0 Å². The maximum absolute atomic E-state index is 5.83. The Balaban J connectivity index is 1.78. The van der Waals surface area contributed by atoms with Crippen molar-refractivity contribution >= 4 is 5.82 Å². The first kappa shape index (κ1) is 12.9. The standard InChI is InChI=1S/C15H23N3O/c1-11-17-13-7-4-3-6-12(13)14(18-11)16-10-15(2)8-5-9-19-15/h3-10H2,1-2H3,(H,16,17,18). The zero-order valence-corrected chi connectivity index (χ0v) is 12.0. The summed E-state index contributed by atoms with van der Waals surface area (Å²) in [6, 6.07) is 0. The Hall–Kier alpha value is -1.16. The molecule has 4 heteroatoms. The second-order valence-electron chi connectivity index (χ2n) is 6.01. The molecule has 2 heterocycles. The van der Waals surface area contributed by atoms with Gasteiger partial charge in [0.2, 0.25) is 0 Å². The van der Waals surface area contributed by atoms with Crippen molar-refractivity contribution in [3.8, 4) is 0 Å². The Kier molecular flexibility index (Phi) is 3.44. The molecule has 0 amide bonds. The van der Waals surface area contributed by atoms with Crippen LogP contribution in [-0.4, -0.2) is 28.7 Å². The molecule has 0 aromatic carbocycles. The van der Waals surface area contributed by atoms with Gasteiger partial charge in [0.1, 0.15) is 11.6 Å². The van der Waals surface area contributed by atoms with Gasteiger partial charge in [0.25, 0.3) is 0 Å². The third-order valence-corrected chi connectivity index (χ3v) is 4.23. The van der Waals surface area contributed by atoms with E-state index in [9.17, 15) is 0 Å². The fraction of sp³-hybridized carbons (Fsp3) is 0.733. The lowest BCUT2D eigenvalue weighted by Crippen LogP contribution is -2.33. The molecule has 1 aliphatic heterocycles. The first-order valence-electron chi connectivity index (χ1n) is 7.40. The molecule has 0 spiro atoms. The minimum Gasteiger partial charge on any atom is -0.373 e. The predicted molar refractivity (Wildman–Crippen MR) is 75.5 cm³/mol. The zero-order chi connectivity index (χ0) is 13.3. The van der Waals surface area contributed by atoms with E-state index >= 15 is 0 Å². The number of anilines is 1. The zero-order valence-electron chi connectivity index (χ0n) is 12.0. The van der Waals surface area contributed by atoms with Crippen LogP contribution in [0.2, 0.25) is 0 Å². The number of hydrogen-bond acceptors (Lipinski definition) is 4. The van der Waals surface area contributed by atoms with Gasteiger partial charge in [-0.1, -0.05) is 0 Å². The molecule has 0 saturated carbocycles. The Morgan fingerprint density at radius 1 is 1.21 bits per heavy atom. The van der Waals surface area contributed by atoms with Crippen LogP contribution in [0.3, 0.4) is 0 Å². The molecule has 0 bridgehead atoms. The van der Waals surface area contributed by atoms with Gasteiger partial charge in [-0.15, -0.1) is 0 Å². The van der Waals surface area contributed by atoms with Crippen LogP contribution in [0.25, 0.3) is 0 Å². The van der Waals surface area contributed by atoms with Crippen molar-refractivity contribution < 1.29 is 4.74 Å². The Bertz CT molecular complexity index is 467. The van der Waals surface area contributed by atoms with Crippen LogP contribution in [0.5, 0.6) is 0 Å². The molecule has 0 radical (unpaired) electrons. The van der Waals surface area contributed by atoms with E-state index in [1.165, 1.54) is 30.5 Å². The van der Waals surface area contributed by atoms with Crippen LogP contribution in [-0.2, 0) is 17.6 Å². The molecule has 3 rings (SSSR count). The highest BCUT2D eigenvalue weighted by molar-refractivity contribution is 5.48. The van der Waals surface area contributed by atoms with Gasteiger partial charge in [0, 0.05) is 24.4 Å². The predicted octanol–water partition coefficient (Wildman–Crippen LogP) is 2.64. The molecule has 4 nitrogen and oxygen atoms in total. The van der Waals surface area contributed by atoms with Crippen molar-refractivity contribution in [3.63, 3.8) is 0 Å². The second-order valence-corrected chi connectivity index (χ2v) is 6.01. The number of aromatic nitrogens is 2. The third-order valence-electron chi connectivity index (χ3n) is 4.23. The first-order valence-corrected chi connectivity index (χ1v) is 7.40.